The smallest absolute Gasteiger partial charge is 0.224 e. The van der Waals surface area contributed by atoms with Crippen LogP contribution in [0, 0.1) is 6.92 Å². The molecule has 2 rings (SSSR count). The van der Waals surface area contributed by atoms with Gasteiger partial charge in [-0.2, -0.15) is 0 Å². The zero-order valence-corrected chi connectivity index (χ0v) is 9.02. The van der Waals surface area contributed by atoms with Crippen molar-refractivity contribution in [2.24, 2.45) is 7.05 Å². The monoisotopic (exact) mass is 203 g/mol. The lowest BCUT2D eigenvalue weighted by Crippen LogP contribution is -1.99. The van der Waals surface area contributed by atoms with Crippen LogP contribution in [0.2, 0.25) is 0 Å². The Morgan fingerprint density at radius 3 is 2.73 bits per heavy atom. The second-order valence-corrected chi connectivity index (χ2v) is 3.34. The number of nitrogens with one attached hydrogen (secondary N) is 1. The normalized spacial score (nSPS) is 10.3. The summed E-state index contributed by atoms with van der Waals surface area (Å²) in [7, 11) is 3.75. The van der Waals surface area contributed by atoms with E-state index in [2.05, 4.69) is 20.5 Å². The van der Waals surface area contributed by atoms with Gasteiger partial charge in [-0.1, -0.05) is 0 Å². The Labute approximate surface area is 88.2 Å². The second-order valence-electron chi connectivity index (χ2n) is 3.34. The molecule has 0 bridgehead atoms. The minimum absolute atomic E-state index is 0.750. The molecule has 0 fully saturated rings. The van der Waals surface area contributed by atoms with Crippen LogP contribution in [-0.2, 0) is 7.05 Å². The highest BCUT2D eigenvalue weighted by atomic mass is 15.3. The summed E-state index contributed by atoms with van der Waals surface area (Å²) in [5.41, 5.74) is 2.00. The van der Waals surface area contributed by atoms with E-state index in [4.69, 9.17) is 0 Å². The fourth-order valence-electron chi connectivity index (χ4n) is 1.48. The van der Waals surface area contributed by atoms with E-state index in [0.29, 0.717) is 0 Å². The quantitative estimate of drug-likeness (QED) is 0.797. The first-order valence-electron chi connectivity index (χ1n) is 4.72. The zero-order valence-electron chi connectivity index (χ0n) is 9.02. The van der Waals surface area contributed by atoms with E-state index in [-0.39, 0.29) is 0 Å². The average molecular weight is 203 g/mol. The van der Waals surface area contributed by atoms with Gasteiger partial charge in [0.25, 0.3) is 0 Å². The van der Waals surface area contributed by atoms with Gasteiger partial charge in [0, 0.05) is 31.5 Å². The molecule has 0 aliphatic rings. The Bertz CT molecular complexity index is 474. The molecule has 15 heavy (non-hydrogen) atoms. The lowest BCUT2D eigenvalue weighted by molar-refractivity contribution is 0.924. The number of anilines is 1. The van der Waals surface area contributed by atoms with Crippen LogP contribution in [0.3, 0.4) is 0 Å². The summed E-state index contributed by atoms with van der Waals surface area (Å²) in [4.78, 5) is 4.15. The third kappa shape index (κ3) is 1.68. The van der Waals surface area contributed by atoms with E-state index in [1.165, 1.54) is 0 Å². The number of aromatic nitrogens is 4. The predicted molar refractivity (Wildman–Crippen MR) is 58.5 cm³/mol. The van der Waals surface area contributed by atoms with Crippen molar-refractivity contribution in [1.29, 1.82) is 0 Å². The van der Waals surface area contributed by atoms with Crippen LogP contribution in [0.4, 0.5) is 5.95 Å². The van der Waals surface area contributed by atoms with E-state index in [1.54, 1.807) is 6.20 Å². The van der Waals surface area contributed by atoms with E-state index >= 15 is 0 Å². The molecular weight excluding hydrogens is 190 g/mol. The molecule has 2 aromatic rings. The molecule has 0 atom stereocenters. The van der Waals surface area contributed by atoms with Crippen LogP contribution >= 0.6 is 0 Å². The summed E-state index contributed by atoms with van der Waals surface area (Å²) < 4.78 is 1.91. The number of nitrogens with zero attached hydrogens (tertiary/aromatic N) is 4. The number of hydrogen-bond acceptors (Lipinski definition) is 4. The van der Waals surface area contributed by atoms with Crippen LogP contribution in [0.15, 0.2) is 18.3 Å². The van der Waals surface area contributed by atoms with E-state index in [1.807, 2.05) is 37.7 Å². The molecule has 0 aliphatic carbocycles. The van der Waals surface area contributed by atoms with Crippen LogP contribution < -0.4 is 5.32 Å². The van der Waals surface area contributed by atoms with Gasteiger partial charge in [0.15, 0.2) is 5.82 Å². The van der Waals surface area contributed by atoms with Gasteiger partial charge in [-0.25, -0.2) is 0 Å². The summed E-state index contributed by atoms with van der Waals surface area (Å²) in [6, 6.07) is 3.92. The minimum Gasteiger partial charge on any atom is -0.357 e. The van der Waals surface area contributed by atoms with Crippen LogP contribution in [0.25, 0.3) is 11.4 Å². The molecular formula is C10H13N5. The van der Waals surface area contributed by atoms with Gasteiger partial charge >= 0.3 is 0 Å². The van der Waals surface area contributed by atoms with Crippen molar-refractivity contribution in [1.82, 2.24) is 19.7 Å². The van der Waals surface area contributed by atoms with Crippen LogP contribution in [-0.4, -0.2) is 26.8 Å². The van der Waals surface area contributed by atoms with Crippen molar-refractivity contribution < 1.29 is 0 Å². The predicted octanol–water partition coefficient (Wildman–Crippen LogP) is 1.23. The minimum atomic E-state index is 0.750. The number of pyridine rings is 1. The molecule has 1 N–H and O–H groups in total. The Hall–Kier alpha value is -1.91. The van der Waals surface area contributed by atoms with E-state index < -0.39 is 0 Å². The topological polar surface area (TPSA) is 55.6 Å². The van der Waals surface area contributed by atoms with Crippen molar-refractivity contribution in [3.8, 4) is 11.4 Å². The van der Waals surface area contributed by atoms with E-state index in [0.717, 1.165) is 23.0 Å². The molecule has 0 aliphatic heterocycles. The average Bonchev–Trinajstić information content (AvgIpc) is 2.59. The van der Waals surface area contributed by atoms with Crippen molar-refractivity contribution >= 4 is 5.95 Å². The fourth-order valence-corrected chi connectivity index (χ4v) is 1.48. The zero-order chi connectivity index (χ0) is 10.8. The maximum atomic E-state index is 4.15. The van der Waals surface area contributed by atoms with Crippen molar-refractivity contribution in [2.45, 2.75) is 6.92 Å². The van der Waals surface area contributed by atoms with Crippen molar-refractivity contribution in [3.05, 3.63) is 24.0 Å². The first-order valence-corrected chi connectivity index (χ1v) is 4.72. The highest BCUT2D eigenvalue weighted by Gasteiger charge is 2.09. The first kappa shape index (κ1) is 9.64. The van der Waals surface area contributed by atoms with Gasteiger partial charge in [-0.15, -0.1) is 10.2 Å². The lowest BCUT2D eigenvalue weighted by Gasteiger charge is -2.03. The lowest BCUT2D eigenvalue weighted by atomic mass is 10.2. The summed E-state index contributed by atoms with van der Waals surface area (Å²) in [5.74, 6) is 1.59. The molecule has 0 saturated heterocycles. The molecule has 0 radical (unpaired) electrons. The third-order valence-electron chi connectivity index (χ3n) is 2.25. The largest absolute Gasteiger partial charge is 0.357 e. The highest BCUT2D eigenvalue weighted by Crippen LogP contribution is 2.18. The Morgan fingerprint density at radius 1 is 1.33 bits per heavy atom. The molecule has 78 valence electrons. The van der Waals surface area contributed by atoms with Gasteiger partial charge < -0.3 is 5.32 Å². The number of aryl methyl sites for hydroxylation is 1. The standard InChI is InChI=1S/C10H13N5/c1-7-6-8(4-5-12-7)9-13-14-10(11-2)15(9)3/h4-6H,1-3H3,(H,11,14). The molecule has 0 amide bonds. The molecule has 0 spiro atoms. The van der Waals surface area contributed by atoms with E-state index in [9.17, 15) is 0 Å². The maximum Gasteiger partial charge on any atom is 0.224 e. The molecule has 5 nitrogen and oxygen atoms in total. The maximum absolute atomic E-state index is 4.15. The van der Waals surface area contributed by atoms with Crippen LogP contribution in [0.5, 0.6) is 0 Å². The van der Waals surface area contributed by atoms with Gasteiger partial charge in [-0.05, 0) is 19.1 Å². The molecule has 0 saturated carbocycles. The first-order chi connectivity index (χ1) is 7.22. The number of hydrogen-bond donors (Lipinski definition) is 1. The molecule has 0 unspecified atom stereocenters. The Kier molecular flexibility index (Phi) is 2.37. The number of rotatable bonds is 2. The molecule has 2 aromatic heterocycles. The second kappa shape index (κ2) is 3.68. The van der Waals surface area contributed by atoms with Crippen molar-refractivity contribution in [3.63, 3.8) is 0 Å². The van der Waals surface area contributed by atoms with Gasteiger partial charge in [0.05, 0.1) is 0 Å². The summed E-state index contributed by atoms with van der Waals surface area (Å²) in [5, 5.41) is 11.1. The third-order valence-corrected chi connectivity index (χ3v) is 2.25. The fraction of sp³-hybridized carbons (Fsp3) is 0.300. The summed E-state index contributed by atoms with van der Waals surface area (Å²) in [6.07, 6.45) is 1.78. The van der Waals surface area contributed by atoms with Crippen LogP contribution in [0.1, 0.15) is 5.69 Å². The Morgan fingerprint density at radius 2 is 2.13 bits per heavy atom. The molecule has 5 heteroatoms. The van der Waals surface area contributed by atoms with Gasteiger partial charge in [-0.3, -0.25) is 9.55 Å². The van der Waals surface area contributed by atoms with Gasteiger partial charge in [0.2, 0.25) is 5.95 Å². The highest BCUT2D eigenvalue weighted by molar-refractivity contribution is 5.57. The molecule has 0 aromatic carbocycles. The molecule has 2 heterocycles. The summed E-state index contributed by atoms with van der Waals surface area (Å²) in [6.45, 7) is 1.96. The summed E-state index contributed by atoms with van der Waals surface area (Å²) >= 11 is 0. The SMILES string of the molecule is CNc1nnc(-c2ccnc(C)c2)n1C. The Balaban J connectivity index is 2.49. The van der Waals surface area contributed by atoms with Gasteiger partial charge in [0.1, 0.15) is 0 Å². The van der Waals surface area contributed by atoms with Crippen molar-refractivity contribution in [2.75, 3.05) is 12.4 Å².